The maximum Gasteiger partial charge on any atom is 0.413 e. The molecule has 75 heavy (non-hydrogen) atoms. The van der Waals surface area contributed by atoms with Crippen LogP contribution < -0.4 is 4.74 Å². The highest BCUT2D eigenvalue weighted by Gasteiger charge is 2.79. The maximum absolute atomic E-state index is 16.3. The summed E-state index contributed by atoms with van der Waals surface area (Å²) in [5, 5.41) is 14.3. The molecule has 4 fully saturated rings. The van der Waals surface area contributed by atoms with Gasteiger partial charge in [-0.15, -0.1) is 11.8 Å². The third kappa shape index (κ3) is 9.95. The molecule has 12 atom stereocenters. The Labute approximate surface area is 440 Å². The number of Topliss-reactive ketones (excluding diaryl/α,β-unsaturated/α-hetero) is 1. The lowest BCUT2D eigenvalue weighted by atomic mass is 9.44. The monoisotopic (exact) mass is 1060 g/mol. The minimum absolute atomic E-state index is 0.0204. The number of carbonyl (C=O) groups excluding carboxylic acids is 6. The van der Waals surface area contributed by atoms with Gasteiger partial charge in [-0.05, 0) is 81.8 Å². The second-order valence-electron chi connectivity index (χ2n) is 21.5. The quantitative estimate of drug-likeness (QED) is 0.0727. The van der Waals surface area contributed by atoms with Crippen LogP contribution in [0.5, 0.6) is 5.75 Å². The number of thioether (sulfide) groups is 1. The smallest absolute Gasteiger partial charge is 0.413 e. The molecule has 0 spiro atoms. The molecule has 2 heterocycles. The van der Waals surface area contributed by atoms with E-state index in [1.807, 2.05) is 6.26 Å². The SMILES string of the molecule is COCC(=O)O[C@H]1C(=O)[C@]2(C)[C@@H](OCSC)C[C@H]3OC[C@@]3(OC(C)=O)[C@H]2[C@H](OC(=O)c2ccccc2)[C@]2(O)C[C@H](OC(=O)[C@@H]3O[C@H](c4ccc(OC)cc4)N(C(=O)OC(C)(C)C)[C@H]3c3ccccc3)C(C)=C1C2(C)C. The van der Waals surface area contributed by atoms with E-state index in [0.29, 0.717) is 16.9 Å². The highest BCUT2D eigenvalue weighted by molar-refractivity contribution is 7.98. The van der Waals surface area contributed by atoms with Crippen LogP contribution in [0, 0.1) is 16.7 Å². The summed E-state index contributed by atoms with van der Waals surface area (Å²) >= 11 is 1.34. The van der Waals surface area contributed by atoms with Crippen LogP contribution in [0.3, 0.4) is 0 Å². The number of amides is 1. The van der Waals surface area contributed by atoms with E-state index >= 15 is 9.59 Å². The molecule has 2 aliphatic heterocycles. The normalized spacial score (nSPS) is 31.8. The summed E-state index contributed by atoms with van der Waals surface area (Å²) in [6, 6.07) is 22.4. The zero-order valence-corrected chi connectivity index (χ0v) is 45.0. The molecular formula is C56H67NO17S. The zero-order chi connectivity index (χ0) is 54.4. The molecule has 404 valence electrons. The Morgan fingerprint density at radius 2 is 1.53 bits per heavy atom. The molecule has 2 saturated carbocycles. The predicted molar refractivity (Wildman–Crippen MR) is 270 cm³/mol. The summed E-state index contributed by atoms with van der Waals surface area (Å²) in [6.45, 7) is 12.0. The molecule has 8 rings (SSSR count). The minimum atomic E-state index is -2.38. The molecule has 19 heteroatoms. The van der Waals surface area contributed by atoms with Gasteiger partial charge in [-0.3, -0.25) is 14.5 Å². The minimum Gasteiger partial charge on any atom is -0.497 e. The van der Waals surface area contributed by atoms with Gasteiger partial charge in [0.1, 0.15) is 47.9 Å². The molecule has 0 aromatic heterocycles. The largest absolute Gasteiger partial charge is 0.497 e. The molecule has 3 aromatic carbocycles. The molecule has 3 aliphatic carbocycles. The molecule has 1 amide bonds. The summed E-state index contributed by atoms with van der Waals surface area (Å²) < 4.78 is 61.8. The van der Waals surface area contributed by atoms with Crippen LogP contribution in [0.15, 0.2) is 96.1 Å². The molecule has 0 radical (unpaired) electrons. The van der Waals surface area contributed by atoms with Gasteiger partial charge in [-0.25, -0.2) is 19.2 Å². The molecule has 0 unspecified atom stereocenters. The topological polar surface area (TPSA) is 218 Å². The van der Waals surface area contributed by atoms with Crippen molar-refractivity contribution in [3.8, 4) is 5.75 Å². The van der Waals surface area contributed by atoms with Crippen molar-refractivity contribution in [3.63, 3.8) is 0 Å². The summed E-state index contributed by atoms with van der Waals surface area (Å²) in [4.78, 5) is 89.7. The van der Waals surface area contributed by atoms with E-state index in [4.69, 9.17) is 47.4 Å². The number of methoxy groups -OCH3 is 2. The van der Waals surface area contributed by atoms with Gasteiger partial charge >= 0.3 is 30.0 Å². The Hall–Kier alpha value is -5.83. The molecule has 5 aliphatic rings. The van der Waals surface area contributed by atoms with Crippen molar-refractivity contribution < 1.29 is 81.2 Å². The van der Waals surface area contributed by atoms with Crippen molar-refractivity contribution in [1.29, 1.82) is 0 Å². The van der Waals surface area contributed by atoms with Gasteiger partial charge in [0.05, 0.1) is 42.7 Å². The number of benzene rings is 3. The lowest BCUT2D eigenvalue weighted by Crippen LogP contribution is -2.82. The fraction of sp³-hybridized carbons (Fsp3) is 0.536. The number of esters is 4. The predicted octanol–water partition coefficient (Wildman–Crippen LogP) is 7.26. The summed E-state index contributed by atoms with van der Waals surface area (Å²) in [5.41, 5.74) is -7.29. The highest BCUT2D eigenvalue weighted by Crippen LogP contribution is 2.65. The zero-order valence-electron chi connectivity index (χ0n) is 44.1. The first-order valence-electron chi connectivity index (χ1n) is 24.9. The molecular weight excluding hydrogens is 991 g/mol. The lowest BCUT2D eigenvalue weighted by Gasteiger charge is -2.67. The number of ketones is 1. The van der Waals surface area contributed by atoms with E-state index in [9.17, 15) is 24.3 Å². The van der Waals surface area contributed by atoms with Crippen LogP contribution in [-0.4, -0.2) is 139 Å². The van der Waals surface area contributed by atoms with Crippen LogP contribution >= 0.6 is 11.8 Å². The Balaban J connectivity index is 1.33. The van der Waals surface area contributed by atoms with Crippen LogP contribution in [0.4, 0.5) is 4.79 Å². The average Bonchev–Trinajstić information content (AvgIpc) is 3.77. The Bertz CT molecular complexity index is 2670. The third-order valence-electron chi connectivity index (χ3n) is 15.5. The van der Waals surface area contributed by atoms with E-state index in [0.717, 1.165) is 0 Å². The fourth-order valence-corrected chi connectivity index (χ4v) is 12.3. The van der Waals surface area contributed by atoms with Crippen molar-refractivity contribution in [1.82, 2.24) is 4.90 Å². The van der Waals surface area contributed by atoms with E-state index in [1.54, 1.807) is 121 Å². The first-order chi connectivity index (χ1) is 35.5. The van der Waals surface area contributed by atoms with Gasteiger partial charge in [0.2, 0.25) is 0 Å². The number of ether oxygens (including phenoxy) is 10. The number of rotatable bonds is 14. The fourth-order valence-electron chi connectivity index (χ4n) is 12.0. The van der Waals surface area contributed by atoms with Crippen LogP contribution in [0.1, 0.15) is 102 Å². The lowest BCUT2D eigenvalue weighted by molar-refractivity contribution is -0.347. The number of hydrogen-bond acceptors (Lipinski definition) is 18. The van der Waals surface area contributed by atoms with Gasteiger partial charge in [0.25, 0.3) is 0 Å². The molecule has 2 saturated heterocycles. The van der Waals surface area contributed by atoms with Crippen molar-refractivity contribution in [2.75, 3.05) is 39.6 Å². The number of fused-ring (bicyclic) bond motifs is 5. The van der Waals surface area contributed by atoms with Gasteiger partial charge < -0.3 is 52.5 Å². The van der Waals surface area contributed by atoms with Crippen LogP contribution in [0.25, 0.3) is 0 Å². The number of aliphatic hydroxyl groups is 1. The third-order valence-corrected chi connectivity index (χ3v) is 15.9. The van der Waals surface area contributed by atoms with Gasteiger partial charge in [-0.2, -0.15) is 0 Å². The Kier molecular flexibility index (Phi) is 15.7. The summed E-state index contributed by atoms with van der Waals surface area (Å²) in [7, 11) is 2.81. The highest BCUT2D eigenvalue weighted by atomic mass is 32.2. The summed E-state index contributed by atoms with van der Waals surface area (Å²) in [6.07, 6.45) is -9.26. The van der Waals surface area contributed by atoms with Crippen molar-refractivity contribution >= 4 is 47.5 Å². The van der Waals surface area contributed by atoms with Crippen molar-refractivity contribution in [3.05, 3.63) is 113 Å². The molecule has 3 aromatic rings. The van der Waals surface area contributed by atoms with Crippen molar-refractivity contribution in [2.24, 2.45) is 16.7 Å². The van der Waals surface area contributed by atoms with E-state index < -0.39 is 131 Å². The molecule has 1 N–H and O–H groups in total. The summed E-state index contributed by atoms with van der Waals surface area (Å²) in [5.74, 6) is -5.12. The van der Waals surface area contributed by atoms with Crippen LogP contribution in [-0.2, 0) is 61.8 Å². The Morgan fingerprint density at radius 1 is 0.880 bits per heavy atom. The van der Waals surface area contributed by atoms with E-state index in [-0.39, 0.29) is 35.7 Å². The maximum atomic E-state index is 16.3. The van der Waals surface area contributed by atoms with Crippen molar-refractivity contribution in [2.45, 2.75) is 134 Å². The van der Waals surface area contributed by atoms with E-state index in [2.05, 4.69) is 0 Å². The van der Waals surface area contributed by atoms with E-state index in [1.165, 1.54) is 49.9 Å². The first-order valence-corrected chi connectivity index (χ1v) is 26.3. The number of carbonyl (C=O) groups is 6. The standard InChI is InChI=1S/C56H67NO17S/c1-31-37(69-50(62)44-42(33-18-14-12-15-19-33)57(51(63)74-52(3,4)5)48(71-44)34-22-24-36(66-10)25-23-34)27-56(64)47(72-49(61)35-20-16-13-17-21-35)45-54(8,46(60)43(41(31)53(56,6)7)70-40(59)28-65-9)38(68-30-75-11)26-39-55(45,29-67-39)73-32(2)58/h12-25,37-39,42-45,47-48,64H,26-30H2,1-11H3/t37-,38-,39+,42-,43+,44+,45-,47-,48+,54+,55-,56+/m0/s1. The molecule has 2 bridgehead atoms. The second-order valence-corrected chi connectivity index (χ2v) is 22.3. The number of nitrogens with zero attached hydrogens (tertiary/aromatic N) is 1. The van der Waals surface area contributed by atoms with Gasteiger partial charge in [0.15, 0.2) is 29.8 Å². The molecule has 18 nitrogen and oxygen atoms in total. The van der Waals surface area contributed by atoms with Gasteiger partial charge in [0, 0.05) is 37.9 Å². The second kappa shape index (κ2) is 21.3. The average molecular weight is 1060 g/mol. The first kappa shape index (κ1) is 55.4. The number of hydrogen-bond donors (Lipinski definition) is 1. The van der Waals surface area contributed by atoms with Crippen LogP contribution in [0.2, 0.25) is 0 Å². The Morgan fingerprint density at radius 3 is 2.11 bits per heavy atom. The van der Waals surface area contributed by atoms with Gasteiger partial charge in [-0.1, -0.05) is 74.5 Å².